The Balaban J connectivity index is 2.39. The van der Waals surface area contributed by atoms with Crippen molar-refractivity contribution in [3.8, 4) is 0 Å². The smallest absolute Gasteiger partial charge is 0.167 e. The molecule has 7 heteroatoms. The Morgan fingerprint density at radius 2 is 2.24 bits per heavy atom. The highest BCUT2D eigenvalue weighted by molar-refractivity contribution is 7.99. The molecule has 1 aromatic heterocycles. The second-order valence-corrected chi connectivity index (χ2v) is 7.47. The highest BCUT2D eigenvalue weighted by Crippen LogP contribution is 2.19. The summed E-state index contributed by atoms with van der Waals surface area (Å²) in [6.07, 6.45) is 2.40. The molecular formula is C10H17ClN2O2S2. The number of halogens is 1. The molecule has 0 aromatic carbocycles. The number of rotatable bonds is 7. The van der Waals surface area contributed by atoms with Crippen molar-refractivity contribution in [3.63, 3.8) is 0 Å². The first-order valence-electron chi connectivity index (χ1n) is 5.40. The van der Waals surface area contributed by atoms with Crippen molar-refractivity contribution in [2.24, 2.45) is 7.05 Å². The average molecular weight is 297 g/mol. The van der Waals surface area contributed by atoms with Crippen molar-refractivity contribution >= 4 is 33.2 Å². The minimum atomic E-state index is -2.85. The van der Waals surface area contributed by atoms with Crippen molar-refractivity contribution in [2.75, 3.05) is 17.3 Å². The number of sulfone groups is 1. The van der Waals surface area contributed by atoms with Crippen LogP contribution in [-0.2, 0) is 22.8 Å². The highest BCUT2D eigenvalue weighted by atomic mass is 35.5. The van der Waals surface area contributed by atoms with Gasteiger partial charge in [0.1, 0.15) is 9.84 Å². The van der Waals surface area contributed by atoms with Gasteiger partial charge in [0.05, 0.1) is 23.5 Å². The number of hydrogen-bond donors (Lipinski definition) is 0. The van der Waals surface area contributed by atoms with Gasteiger partial charge < -0.3 is 4.57 Å². The van der Waals surface area contributed by atoms with Crippen LogP contribution in [0.25, 0.3) is 0 Å². The van der Waals surface area contributed by atoms with Gasteiger partial charge >= 0.3 is 0 Å². The first-order chi connectivity index (χ1) is 8.00. The molecule has 0 bridgehead atoms. The molecule has 0 fully saturated rings. The molecule has 0 aliphatic carbocycles. The molecule has 1 rings (SSSR count). The fourth-order valence-electron chi connectivity index (χ4n) is 1.27. The van der Waals surface area contributed by atoms with Crippen LogP contribution in [0.15, 0.2) is 11.4 Å². The third-order valence-electron chi connectivity index (χ3n) is 2.45. The van der Waals surface area contributed by atoms with E-state index in [4.69, 9.17) is 11.6 Å². The summed E-state index contributed by atoms with van der Waals surface area (Å²) in [7, 11) is -0.933. The van der Waals surface area contributed by atoms with E-state index in [-0.39, 0.29) is 11.5 Å². The monoisotopic (exact) mass is 296 g/mol. The van der Waals surface area contributed by atoms with Crippen LogP contribution >= 0.6 is 23.4 Å². The van der Waals surface area contributed by atoms with E-state index in [1.54, 1.807) is 24.9 Å². The molecule has 0 spiro atoms. The van der Waals surface area contributed by atoms with Gasteiger partial charge in [-0.25, -0.2) is 13.4 Å². The molecule has 0 N–H and O–H groups in total. The summed E-state index contributed by atoms with van der Waals surface area (Å²) in [5.41, 5.74) is 0.968. The molecule has 0 saturated carbocycles. The zero-order valence-electron chi connectivity index (χ0n) is 10.0. The summed E-state index contributed by atoms with van der Waals surface area (Å²) in [5.74, 6) is 1.67. The third kappa shape index (κ3) is 4.52. The van der Waals surface area contributed by atoms with Crippen LogP contribution in [-0.4, -0.2) is 35.2 Å². The van der Waals surface area contributed by atoms with Gasteiger partial charge in [0, 0.05) is 18.6 Å². The van der Waals surface area contributed by atoms with Gasteiger partial charge in [-0.3, -0.25) is 0 Å². The summed E-state index contributed by atoms with van der Waals surface area (Å²) in [6, 6.07) is 0. The Morgan fingerprint density at radius 3 is 2.76 bits per heavy atom. The highest BCUT2D eigenvalue weighted by Gasteiger charge is 2.09. The van der Waals surface area contributed by atoms with Crippen LogP contribution in [0.5, 0.6) is 0 Å². The average Bonchev–Trinajstić information content (AvgIpc) is 2.66. The summed E-state index contributed by atoms with van der Waals surface area (Å²) < 4.78 is 24.5. The predicted octanol–water partition coefficient (Wildman–Crippen LogP) is 2.08. The molecule has 0 unspecified atom stereocenters. The van der Waals surface area contributed by atoms with Crippen LogP contribution in [0.1, 0.15) is 19.0 Å². The molecule has 1 heterocycles. The normalized spacial score (nSPS) is 11.9. The predicted molar refractivity (Wildman–Crippen MR) is 72.4 cm³/mol. The maximum atomic E-state index is 11.3. The zero-order valence-corrected chi connectivity index (χ0v) is 12.4. The van der Waals surface area contributed by atoms with Gasteiger partial charge in [0.15, 0.2) is 5.16 Å². The Hall–Kier alpha value is -0.200. The summed E-state index contributed by atoms with van der Waals surface area (Å²) in [4.78, 5) is 4.23. The van der Waals surface area contributed by atoms with Crippen molar-refractivity contribution in [3.05, 3.63) is 11.9 Å². The van der Waals surface area contributed by atoms with Crippen molar-refractivity contribution < 1.29 is 8.42 Å². The molecule has 0 saturated heterocycles. The number of thioether (sulfide) groups is 1. The Morgan fingerprint density at radius 1 is 1.53 bits per heavy atom. The second kappa shape index (κ2) is 6.66. The van der Waals surface area contributed by atoms with Gasteiger partial charge in [0.25, 0.3) is 0 Å². The molecule has 0 amide bonds. The first-order valence-corrected chi connectivity index (χ1v) is 8.74. The maximum Gasteiger partial charge on any atom is 0.167 e. The summed E-state index contributed by atoms with van der Waals surface area (Å²) >= 11 is 7.30. The van der Waals surface area contributed by atoms with Crippen molar-refractivity contribution in [1.82, 2.24) is 9.55 Å². The van der Waals surface area contributed by atoms with Crippen LogP contribution < -0.4 is 0 Å². The van der Waals surface area contributed by atoms with Crippen LogP contribution in [0.2, 0.25) is 0 Å². The van der Waals surface area contributed by atoms with E-state index in [0.29, 0.717) is 12.3 Å². The minimum absolute atomic E-state index is 0.219. The standard InChI is InChI=1S/C10H17ClN2O2S2/c1-3-17(14,15)6-4-5-16-10-12-8-9(7-11)13(10)2/h8H,3-7H2,1-2H3. The maximum absolute atomic E-state index is 11.3. The Labute approximate surface area is 112 Å². The van der Waals surface area contributed by atoms with Crippen LogP contribution in [0.4, 0.5) is 0 Å². The van der Waals surface area contributed by atoms with Crippen molar-refractivity contribution in [2.45, 2.75) is 24.4 Å². The summed E-state index contributed by atoms with van der Waals surface area (Å²) in [6.45, 7) is 1.67. The van der Waals surface area contributed by atoms with Gasteiger partial charge in [-0.05, 0) is 6.42 Å². The van der Waals surface area contributed by atoms with E-state index < -0.39 is 9.84 Å². The lowest BCUT2D eigenvalue weighted by Crippen LogP contribution is -2.09. The van der Waals surface area contributed by atoms with Gasteiger partial charge in [-0.1, -0.05) is 18.7 Å². The fraction of sp³-hybridized carbons (Fsp3) is 0.700. The topological polar surface area (TPSA) is 52.0 Å². The van der Waals surface area contributed by atoms with Gasteiger partial charge in [-0.15, -0.1) is 11.6 Å². The molecule has 0 aliphatic heterocycles. The van der Waals surface area contributed by atoms with Gasteiger partial charge in [-0.2, -0.15) is 0 Å². The molecule has 0 aliphatic rings. The minimum Gasteiger partial charge on any atom is -0.325 e. The Bertz CT molecular complexity index is 457. The molecular weight excluding hydrogens is 280 g/mol. The van der Waals surface area contributed by atoms with Gasteiger partial charge in [0.2, 0.25) is 0 Å². The SMILES string of the molecule is CCS(=O)(=O)CCCSc1ncc(CCl)n1C. The lowest BCUT2D eigenvalue weighted by molar-refractivity contribution is 0.596. The number of imidazole rings is 1. The molecule has 1 aromatic rings. The lowest BCUT2D eigenvalue weighted by Gasteiger charge is -2.04. The van der Waals surface area contributed by atoms with Crippen LogP contribution in [0, 0.1) is 0 Å². The molecule has 98 valence electrons. The number of alkyl halides is 1. The largest absolute Gasteiger partial charge is 0.325 e. The molecule has 17 heavy (non-hydrogen) atoms. The zero-order chi connectivity index (χ0) is 12.9. The number of aromatic nitrogens is 2. The molecule has 4 nitrogen and oxygen atoms in total. The molecule has 0 atom stereocenters. The molecule has 0 radical (unpaired) electrons. The van der Waals surface area contributed by atoms with Crippen LogP contribution in [0.3, 0.4) is 0 Å². The van der Waals surface area contributed by atoms with E-state index in [9.17, 15) is 8.42 Å². The number of nitrogens with zero attached hydrogens (tertiary/aromatic N) is 2. The Kier molecular flexibility index (Phi) is 5.82. The lowest BCUT2D eigenvalue weighted by atomic mass is 10.5. The number of hydrogen-bond acceptors (Lipinski definition) is 4. The quantitative estimate of drug-likeness (QED) is 0.439. The summed E-state index contributed by atoms with van der Waals surface area (Å²) in [5, 5.41) is 0.884. The van der Waals surface area contributed by atoms with E-state index in [2.05, 4.69) is 4.98 Å². The van der Waals surface area contributed by atoms with E-state index in [0.717, 1.165) is 16.6 Å². The first kappa shape index (κ1) is 14.9. The third-order valence-corrected chi connectivity index (χ3v) is 5.64. The fourth-order valence-corrected chi connectivity index (χ4v) is 3.48. The van der Waals surface area contributed by atoms with E-state index in [1.807, 2.05) is 11.6 Å². The van der Waals surface area contributed by atoms with E-state index in [1.165, 1.54) is 0 Å². The van der Waals surface area contributed by atoms with E-state index >= 15 is 0 Å². The second-order valence-electron chi connectivity index (χ2n) is 3.66. The van der Waals surface area contributed by atoms with Crippen molar-refractivity contribution in [1.29, 1.82) is 0 Å².